The molecule has 98 valence electrons. The maximum Gasteiger partial charge on any atom is 0.251 e. The van der Waals surface area contributed by atoms with Gasteiger partial charge in [-0.05, 0) is 30.4 Å². The second-order valence-corrected chi connectivity index (χ2v) is 5.60. The second kappa shape index (κ2) is 5.70. The topological polar surface area (TPSA) is 42.0 Å². The van der Waals surface area contributed by atoms with E-state index >= 15 is 0 Å². The van der Waals surface area contributed by atoms with Gasteiger partial charge in [-0.2, -0.15) is 0 Å². The monoisotopic (exact) mass is 266 g/mol. The number of hydrogen-bond donors (Lipinski definition) is 1. The Morgan fingerprint density at radius 1 is 1.44 bits per heavy atom. The van der Waals surface area contributed by atoms with E-state index in [4.69, 9.17) is 11.6 Å². The highest BCUT2D eigenvalue weighted by Gasteiger charge is 2.28. The summed E-state index contributed by atoms with van der Waals surface area (Å²) >= 11 is 5.79. The highest BCUT2D eigenvalue weighted by molar-refractivity contribution is 6.29. The van der Waals surface area contributed by atoms with Crippen molar-refractivity contribution in [2.45, 2.75) is 39.2 Å². The van der Waals surface area contributed by atoms with Crippen LogP contribution in [-0.4, -0.2) is 16.9 Å². The fourth-order valence-corrected chi connectivity index (χ4v) is 2.76. The van der Waals surface area contributed by atoms with Gasteiger partial charge in [-0.1, -0.05) is 38.3 Å². The Kier molecular flexibility index (Phi) is 4.23. The number of carbonyl (C=O) groups is 1. The lowest BCUT2D eigenvalue weighted by Crippen LogP contribution is -2.43. The van der Waals surface area contributed by atoms with E-state index in [0.717, 1.165) is 6.42 Å². The van der Waals surface area contributed by atoms with E-state index < -0.39 is 0 Å². The molecule has 1 aliphatic carbocycles. The molecule has 0 unspecified atom stereocenters. The van der Waals surface area contributed by atoms with E-state index in [0.29, 0.717) is 22.6 Å². The van der Waals surface area contributed by atoms with Crippen LogP contribution in [0.4, 0.5) is 0 Å². The average molecular weight is 267 g/mol. The zero-order valence-electron chi connectivity index (χ0n) is 10.8. The molecule has 1 amide bonds. The van der Waals surface area contributed by atoms with Crippen molar-refractivity contribution < 1.29 is 4.79 Å². The lowest BCUT2D eigenvalue weighted by Gasteiger charge is -2.34. The molecule has 0 bridgehead atoms. The van der Waals surface area contributed by atoms with E-state index in [1.54, 1.807) is 18.3 Å². The van der Waals surface area contributed by atoms with E-state index in [9.17, 15) is 4.79 Å². The molecule has 0 radical (unpaired) electrons. The molecule has 1 saturated carbocycles. The number of pyridine rings is 1. The number of rotatable bonds is 2. The predicted molar refractivity (Wildman–Crippen MR) is 72.7 cm³/mol. The van der Waals surface area contributed by atoms with Crippen molar-refractivity contribution in [2.75, 3.05) is 0 Å². The number of nitrogens with zero attached hydrogens (tertiary/aromatic N) is 1. The van der Waals surface area contributed by atoms with Crippen LogP contribution < -0.4 is 5.32 Å². The fraction of sp³-hybridized carbons (Fsp3) is 0.571. The van der Waals surface area contributed by atoms with Crippen LogP contribution >= 0.6 is 11.6 Å². The first-order chi connectivity index (χ1) is 8.58. The van der Waals surface area contributed by atoms with Gasteiger partial charge in [0.15, 0.2) is 0 Å². The summed E-state index contributed by atoms with van der Waals surface area (Å²) < 4.78 is 0. The van der Waals surface area contributed by atoms with Crippen molar-refractivity contribution in [1.29, 1.82) is 0 Å². The van der Waals surface area contributed by atoms with Crippen molar-refractivity contribution in [3.8, 4) is 0 Å². The van der Waals surface area contributed by atoms with Crippen LogP contribution in [0.25, 0.3) is 0 Å². The molecule has 2 rings (SSSR count). The summed E-state index contributed by atoms with van der Waals surface area (Å²) in [5.41, 5.74) is 0.584. The Morgan fingerprint density at radius 3 is 2.94 bits per heavy atom. The van der Waals surface area contributed by atoms with E-state index in [-0.39, 0.29) is 11.9 Å². The lowest BCUT2D eigenvalue weighted by molar-refractivity contribution is 0.0891. The minimum Gasteiger partial charge on any atom is -0.349 e. The van der Waals surface area contributed by atoms with Gasteiger partial charge < -0.3 is 5.32 Å². The quantitative estimate of drug-likeness (QED) is 0.835. The maximum absolute atomic E-state index is 12.1. The van der Waals surface area contributed by atoms with Gasteiger partial charge in [0.05, 0.1) is 0 Å². The summed E-state index contributed by atoms with van der Waals surface area (Å²) in [7, 11) is 0. The molecule has 4 heteroatoms. The molecule has 0 aromatic carbocycles. The Balaban J connectivity index is 2.03. The number of nitrogens with one attached hydrogen (secondary N) is 1. The van der Waals surface area contributed by atoms with Crippen LogP contribution in [-0.2, 0) is 0 Å². The van der Waals surface area contributed by atoms with E-state index in [2.05, 4.69) is 24.1 Å². The van der Waals surface area contributed by atoms with Gasteiger partial charge in [0.1, 0.15) is 5.15 Å². The number of halogens is 1. The van der Waals surface area contributed by atoms with Crippen molar-refractivity contribution >= 4 is 17.5 Å². The van der Waals surface area contributed by atoms with Crippen LogP contribution in [0.5, 0.6) is 0 Å². The normalized spacial score (nSPS) is 27.8. The Hall–Kier alpha value is -1.09. The smallest absolute Gasteiger partial charge is 0.251 e. The molecule has 3 nitrogen and oxygen atoms in total. The summed E-state index contributed by atoms with van der Waals surface area (Å²) in [5, 5.41) is 3.47. The lowest BCUT2D eigenvalue weighted by atomic mass is 9.78. The molecule has 0 saturated heterocycles. The Labute approximate surface area is 113 Å². The first kappa shape index (κ1) is 13.3. The van der Waals surface area contributed by atoms with Gasteiger partial charge in [-0.3, -0.25) is 4.79 Å². The van der Waals surface area contributed by atoms with Crippen molar-refractivity contribution in [1.82, 2.24) is 10.3 Å². The number of aromatic nitrogens is 1. The van der Waals surface area contributed by atoms with Crippen molar-refractivity contribution in [2.24, 2.45) is 11.8 Å². The minimum absolute atomic E-state index is 0.0507. The molecule has 0 aliphatic heterocycles. The third kappa shape index (κ3) is 3.02. The SMILES string of the molecule is C[C@H]1[C@H](C)CCC[C@@H]1NC(=O)c1ccnc(Cl)c1. The van der Waals surface area contributed by atoms with Gasteiger partial charge in [0.2, 0.25) is 0 Å². The van der Waals surface area contributed by atoms with Gasteiger partial charge >= 0.3 is 0 Å². The van der Waals surface area contributed by atoms with Crippen LogP contribution in [0.2, 0.25) is 5.15 Å². The maximum atomic E-state index is 12.1. The summed E-state index contributed by atoms with van der Waals surface area (Å²) in [6.07, 6.45) is 5.07. The first-order valence-corrected chi connectivity index (χ1v) is 6.88. The number of amides is 1. The Bertz CT molecular complexity index is 436. The molecule has 3 atom stereocenters. The number of carbonyl (C=O) groups excluding carboxylic acids is 1. The molecule has 1 aliphatic rings. The molecule has 1 heterocycles. The molecular formula is C14H19ClN2O. The first-order valence-electron chi connectivity index (χ1n) is 6.50. The fourth-order valence-electron chi connectivity index (χ4n) is 2.58. The molecular weight excluding hydrogens is 248 g/mol. The summed E-state index contributed by atoms with van der Waals surface area (Å²) in [6, 6.07) is 3.57. The average Bonchev–Trinajstić information content (AvgIpc) is 2.35. The predicted octanol–water partition coefficient (Wildman–Crippen LogP) is 3.29. The summed E-state index contributed by atoms with van der Waals surface area (Å²) in [6.45, 7) is 4.47. The van der Waals surface area contributed by atoms with Crippen molar-refractivity contribution in [3.05, 3.63) is 29.0 Å². The van der Waals surface area contributed by atoms with Gasteiger partial charge in [0, 0.05) is 17.8 Å². The van der Waals surface area contributed by atoms with Gasteiger partial charge in [-0.15, -0.1) is 0 Å². The number of hydrogen-bond acceptors (Lipinski definition) is 2. The van der Waals surface area contributed by atoms with Crippen LogP contribution in [0.3, 0.4) is 0 Å². The third-order valence-corrected chi connectivity index (χ3v) is 4.22. The Morgan fingerprint density at radius 2 is 2.22 bits per heavy atom. The zero-order chi connectivity index (χ0) is 13.1. The molecule has 18 heavy (non-hydrogen) atoms. The van der Waals surface area contributed by atoms with E-state index in [1.807, 2.05) is 0 Å². The van der Waals surface area contributed by atoms with Gasteiger partial charge in [-0.25, -0.2) is 4.98 Å². The highest BCUT2D eigenvalue weighted by atomic mass is 35.5. The summed E-state index contributed by atoms with van der Waals surface area (Å²) in [4.78, 5) is 16.0. The van der Waals surface area contributed by atoms with Gasteiger partial charge in [0.25, 0.3) is 5.91 Å². The minimum atomic E-state index is -0.0507. The van der Waals surface area contributed by atoms with E-state index in [1.165, 1.54) is 12.8 Å². The van der Waals surface area contributed by atoms with Crippen LogP contribution in [0, 0.1) is 11.8 Å². The third-order valence-electron chi connectivity index (χ3n) is 4.01. The molecule has 1 fully saturated rings. The van der Waals surface area contributed by atoms with Crippen LogP contribution in [0.1, 0.15) is 43.5 Å². The summed E-state index contributed by atoms with van der Waals surface area (Å²) in [5.74, 6) is 1.15. The highest BCUT2D eigenvalue weighted by Crippen LogP contribution is 2.29. The molecule has 1 aromatic heterocycles. The second-order valence-electron chi connectivity index (χ2n) is 5.21. The van der Waals surface area contributed by atoms with Crippen molar-refractivity contribution in [3.63, 3.8) is 0 Å². The largest absolute Gasteiger partial charge is 0.349 e. The van der Waals surface area contributed by atoms with Crippen LogP contribution in [0.15, 0.2) is 18.3 Å². The molecule has 1 aromatic rings. The standard InChI is InChI=1S/C14H19ClN2O/c1-9-4-3-5-12(10(9)2)17-14(18)11-6-7-16-13(15)8-11/h6-10,12H,3-5H2,1-2H3,(H,17,18)/t9-,10+,12+/m1/s1. The molecule has 1 N–H and O–H groups in total. The zero-order valence-corrected chi connectivity index (χ0v) is 11.6. The molecule has 0 spiro atoms.